The number of rotatable bonds is 3. The summed E-state index contributed by atoms with van der Waals surface area (Å²) in [6.07, 6.45) is 0.602. The Hall–Kier alpha value is -1.26. The lowest BCUT2D eigenvalue weighted by Gasteiger charge is -2.29. The molecule has 92 valence electrons. The van der Waals surface area contributed by atoms with Gasteiger partial charge in [-0.15, -0.1) is 11.6 Å². The van der Waals surface area contributed by atoms with E-state index >= 15 is 0 Å². The smallest absolute Gasteiger partial charge is 0.142 e. The van der Waals surface area contributed by atoms with Gasteiger partial charge in [0.25, 0.3) is 0 Å². The average Bonchev–Trinajstić information content (AvgIpc) is 2.39. The van der Waals surface area contributed by atoms with Gasteiger partial charge < -0.3 is 19.5 Å². The number of alkyl halides is 1. The summed E-state index contributed by atoms with van der Waals surface area (Å²) in [5.74, 6) is 0.0566. The Morgan fingerprint density at radius 2 is 2.12 bits per heavy atom. The van der Waals surface area contributed by atoms with Crippen molar-refractivity contribution in [2.24, 2.45) is 0 Å². The molecule has 0 radical (unpaired) electrons. The van der Waals surface area contributed by atoms with Crippen LogP contribution >= 0.6 is 11.6 Å². The summed E-state index contributed by atoms with van der Waals surface area (Å²) in [5, 5.41) is 9.02. The van der Waals surface area contributed by atoms with E-state index in [1.54, 1.807) is 12.1 Å². The monoisotopic (exact) mass is 255 g/mol. The molecule has 0 aromatic heterocycles. The highest BCUT2D eigenvalue weighted by Crippen LogP contribution is 2.31. The second kappa shape index (κ2) is 5.38. The summed E-state index contributed by atoms with van der Waals surface area (Å²) in [6.45, 7) is 2.98. The number of halogens is 1. The molecule has 1 N–H and O–H groups in total. The Labute approximate surface area is 105 Å². The van der Waals surface area contributed by atoms with Gasteiger partial charge in [-0.1, -0.05) is 6.07 Å². The van der Waals surface area contributed by atoms with E-state index < -0.39 is 5.38 Å². The number of morpholine rings is 1. The van der Waals surface area contributed by atoms with E-state index in [0.29, 0.717) is 25.1 Å². The van der Waals surface area contributed by atoms with Crippen molar-refractivity contribution in [1.82, 2.24) is 0 Å². The first kappa shape index (κ1) is 12.2. The van der Waals surface area contributed by atoms with Crippen molar-refractivity contribution in [3.8, 4) is 5.75 Å². The van der Waals surface area contributed by atoms with Gasteiger partial charge in [-0.25, -0.2) is 0 Å². The number of aldehydes is 1. The molecule has 0 amide bonds. The van der Waals surface area contributed by atoms with Crippen molar-refractivity contribution in [2.75, 3.05) is 31.2 Å². The third-order valence-corrected chi connectivity index (χ3v) is 3.14. The van der Waals surface area contributed by atoms with Gasteiger partial charge in [0.2, 0.25) is 0 Å². The lowest BCUT2D eigenvalue weighted by Crippen LogP contribution is -2.36. The molecule has 0 aliphatic carbocycles. The fourth-order valence-electron chi connectivity index (χ4n) is 1.86. The first-order valence-corrected chi connectivity index (χ1v) is 5.91. The van der Waals surface area contributed by atoms with E-state index in [1.165, 1.54) is 0 Å². The zero-order valence-corrected chi connectivity index (χ0v) is 10.1. The SMILES string of the molecule is O=CC(Cl)c1ccc(N2CCOCC2)cc1O. The highest BCUT2D eigenvalue weighted by molar-refractivity contribution is 6.27. The molecular weight excluding hydrogens is 242 g/mol. The summed E-state index contributed by atoms with van der Waals surface area (Å²) in [4.78, 5) is 12.7. The molecule has 2 rings (SSSR count). The molecule has 4 nitrogen and oxygen atoms in total. The Morgan fingerprint density at radius 3 is 2.71 bits per heavy atom. The molecule has 1 atom stereocenters. The minimum absolute atomic E-state index is 0.0566. The van der Waals surface area contributed by atoms with Crippen LogP contribution in [0.5, 0.6) is 5.75 Å². The molecule has 1 aliphatic heterocycles. The van der Waals surface area contributed by atoms with Gasteiger partial charge in [-0.05, 0) is 6.07 Å². The molecule has 1 aromatic carbocycles. The maximum atomic E-state index is 10.6. The third kappa shape index (κ3) is 2.70. The van der Waals surface area contributed by atoms with Crippen LogP contribution in [0.4, 0.5) is 5.69 Å². The number of hydrogen-bond donors (Lipinski definition) is 1. The second-order valence-electron chi connectivity index (χ2n) is 3.88. The van der Waals surface area contributed by atoms with Crippen molar-refractivity contribution < 1.29 is 14.6 Å². The van der Waals surface area contributed by atoms with Crippen molar-refractivity contribution >= 4 is 23.6 Å². The van der Waals surface area contributed by atoms with Gasteiger partial charge in [-0.3, -0.25) is 0 Å². The molecule has 0 spiro atoms. The lowest BCUT2D eigenvalue weighted by atomic mass is 10.1. The quantitative estimate of drug-likeness (QED) is 0.660. The van der Waals surface area contributed by atoms with E-state index in [-0.39, 0.29) is 5.75 Å². The topological polar surface area (TPSA) is 49.8 Å². The lowest BCUT2D eigenvalue weighted by molar-refractivity contribution is -0.107. The van der Waals surface area contributed by atoms with Crippen LogP contribution in [0.2, 0.25) is 0 Å². The fourth-order valence-corrected chi connectivity index (χ4v) is 2.04. The molecule has 1 unspecified atom stereocenters. The molecule has 1 aliphatic rings. The Bertz CT molecular complexity index is 405. The first-order valence-electron chi connectivity index (χ1n) is 5.47. The number of anilines is 1. The van der Waals surface area contributed by atoms with Crippen molar-refractivity contribution in [3.63, 3.8) is 0 Å². The van der Waals surface area contributed by atoms with Gasteiger partial charge in [-0.2, -0.15) is 0 Å². The summed E-state index contributed by atoms with van der Waals surface area (Å²) in [7, 11) is 0. The third-order valence-electron chi connectivity index (χ3n) is 2.81. The number of aromatic hydroxyl groups is 1. The molecular formula is C12H14ClNO3. The van der Waals surface area contributed by atoms with Gasteiger partial charge in [0, 0.05) is 30.4 Å². The summed E-state index contributed by atoms with van der Waals surface area (Å²) in [6, 6.07) is 5.19. The molecule has 17 heavy (non-hydrogen) atoms. The zero-order valence-electron chi connectivity index (χ0n) is 9.30. The first-order chi connectivity index (χ1) is 8.22. The predicted octanol–water partition coefficient (Wildman–Crippen LogP) is 1.71. The van der Waals surface area contributed by atoms with E-state index in [9.17, 15) is 9.90 Å². The Kier molecular flexibility index (Phi) is 3.86. The maximum absolute atomic E-state index is 10.6. The summed E-state index contributed by atoms with van der Waals surface area (Å²) in [5.41, 5.74) is 1.36. The minimum atomic E-state index is -0.797. The van der Waals surface area contributed by atoms with Crippen LogP contribution in [0.1, 0.15) is 10.9 Å². The number of phenols is 1. The van der Waals surface area contributed by atoms with E-state index in [4.69, 9.17) is 16.3 Å². The number of phenolic OH excluding ortho intramolecular Hbond substituents is 1. The van der Waals surface area contributed by atoms with Gasteiger partial charge in [0.15, 0.2) is 0 Å². The van der Waals surface area contributed by atoms with Crippen LogP contribution < -0.4 is 4.90 Å². The summed E-state index contributed by atoms with van der Waals surface area (Å²) >= 11 is 5.77. The van der Waals surface area contributed by atoms with Gasteiger partial charge >= 0.3 is 0 Å². The molecule has 1 fully saturated rings. The van der Waals surface area contributed by atoms with Crippen molar-refractivity contribution in [2.45, 2.75) is 5.38 Å². The molecule has 0 bridgehead atoms. The molecule has 0 saturated carbocycles. The second-order valence-corrected chi connectivity index (χ2v) is 4.35. The van der Waals surface area contributed by atoms with Gasteiger partial charge in [0.05, 0.1) is 13.2 Å². The van der Waals surface area contributed by atoms with Crippen LogP contribution in [-0.2, 0) is 9.53 Å². The molecule has 1 aromatic rings. The predicted molar refractivity (Wildman–Crippen MR) is 65.8 cm³/mol. The molecule has 5 heteroatoms. The van der Waals surface area contributed by atoms with Crippen LogP contribution in [0.3, 0.4) is 0 Å². The highest BCUT2D eigenvalue weighted by Gasteiger charge is 2.15. The van der Waals surface area contributed by atoms with Crippen molar-refractivity contribution in [3.05, 3.63) is 23.8 Å². The van der Waals surface area contributed by atoms with Crippen LogP contribution in [-0.4, -0.2) is 37.7 Å². The Morgan fingerprint density at radius 1 is 1.41 bits per heavy atom. The van der Waals surface area contributed by atoms with Gasteiger partial charge in [0.1, 0.15) is 17.4 Å². The standard InChI is InChI=1S/C12H14ClNO3/c13-11(8-15)10-2-1-9(7-12(10)16)14-3-5-17-6-4-14/h1-2,7-8,11,16H,3-6H2. The number of hydrogen-bond acceptors (Lipinski definition) is 4. The summed E-state index contributed by atoms with van der Waals surface area (Å²) < 4.78 is 5.26. The largest absolute Gasteiger partial charge is 0.508 e. The minimum Gasteiger partial charge on any atom is -0.508 e. The fraction of sp³-hybridized carbons (Fsp3) is 0.417. The maximum Gasteiger partial charge on any atom is 0.142 e. The number of carbonyl (C=O) groups is 1. The van der Waals surface area contributed by atoms with Crippen LogP contribution in [0.15, 0.2) is 18.2 Å². The number of carbonyl (C=O) groups excluding carboxylic acids is 1. The number of benzene rings is 1. The molecule has 1 heterocycles. The van der Waals surface area contributed by atoms with E-state index in [2.05, 4.69) is 4.90 Å². The zero-order chi connectivity index (χ0) is 12.3. The van der Waals surface area contributed by atoms with E-state index in [1.807, 2.05) is 6.07 Å². The van der Waals surface area contributed by atoms with Crippen molar-refractivity contribution in [1.29, 1.82) is 0 Å². The van der Waals surface area contributed by atoms with Crippen LogP contribution in [0.25, 0.3) is 0 Å². The number of nitrogens with zero attached hydrogens (tertiary/aromatic N) is 1. The average molecular weight is 256 g/mol. The number of ether oxygens (including phenoxy) is 1. The molecule has 1 saturated heterocycles. The highest BCUT2D eigenvalue weighted by atomic mass is 35.5. The normalized spacial score (nSPS) is 17.8. The van der Waals surface area contributed by atoms with E-state index in [0.717, 1.165) is 18.8 Å². The Balaban J connectivity index is 2.20. The van der Waals surface area contributed by atoms with Crippen LogP contribution in [0, 0.1) is 0 Å².